The summed E-state index contributed by atoms with van der Waals surface area (Å²) in [5, 5.41) is 4.89. The van der Waals surface area contributed by atoms with Gasteiger partial charge in [0.2, 0.25) is 15.9 Å². The second-order valence-electron chi connectivity index (χ2n) is 6.51. The van der Waals surface area contributed by atoms with Crippen LogP contribution in [-0.2, 0) is 14.8 Å². The van der Waals surface area contributed by atoms with Crippen LogP contribution in [0.4, 0.5) is 14.5 Å². The Balaban J connectivity index is 2.17. The average molecular weight is 425 g/mol. The van der Waals surface area contributed by atoms with Gasteiger partial charge in [0.25, 0.3) is 5.91 Å². The summed E-state index contributed by atoms with van der Waals surface area (Å²) in [7, 11) is -2.34. The number of rotatable bonds is 7. The number of anilines is 1. The maximum Gasteiger partial charge on any atom is 0.257 e. The fourth-order valence-corrected chi connectivity index (χ4v) is 3.25. The molecule has 0 heterocycles. The number of hydrogen-bond acceptors (Lipinski definition) is 4. The van der Waals surface area contributed by atoms with Gasteiger partial charge in [-0.2, -0.15) is 0 Å². The Morgan fingerprint density at radius 1 is 0.966 bits per heavy atom. The highest BCUT2D eigenvalue weighted by molar-refractivity contribution is 7.89. The molecule has 0 fully saturated rings. The summed E-state index contributed by atoms with van der Waals surface area (Å²) in [5.74, 6) is -4.13. The van der Waals surface area contributed by atoms with E-state index >= 15 is 0 Å². The quantitative estimate of drug-likeness (QED) is 0.633. The van der Waals surface area contributed by atoms with Crippen molar-refractivity contribution in [3.63, 3.8) is 0 Å². The van der Waals surface area contributed by atoms with Crippen molar-refractivity contribution in [1.82, 2.24) is 10.0 Å². The largest absolute Gasteiger partial charge is 0.340 e. The second kappa shape index (κ2) is 9.10. The van der Waals surface area contributed by atoms with Gasteiger partial charge >= 0.3 is 0 Å². The first-order chi connectivity index (χ1) is 13.6. The Morgan fingerprint density at radius 2 is 1.52 bits per heavy atom. The van der Waals surface area contributed by atoms with Gasteiger partial charge in [-0.05, 0) is 49.4 Å². The molecule has 10 heteroatoms. The average Bonchev–Trinajstić information content (AvgIpc) is 2.66. The molecule has 0 unspecified atom stereocenters. The van der Waals surface area contributed by atoms with E-state index in [1.165, 1.54) is 31.3 Å². The van der Waals surface area contributed by atoms with Crippen LogP contribution in [0, 0.1) is 17.6 Å². The Kier molecular flexibility index (Phi) is 7.04. The van der Waals surface area contributed by atoms with Gasteiger partial charge in [0.15, 0.2) is 0 Å². The molecule has 2 aromatic rings. The molecule has 0 aliphatic rings. The minimum absolute atomic E-state index is 0.0155. The maximum atomic E-state index is 13.8. The van der Waals surface area contributed by atoms with Crippen LogP contribution >= 0.6 is 0 Å². The van der Waals surface area contributed by atoms with Crippen LogP contribution in [0.1, 0.15) is 24.2 Å². The van der Waals surface area contributed by atoms with Gasteiger partial charge < -0.3 is 10.6 Å². The fourth-order valence-electron chi connectivity index (χ4n) is 2.52. The first kappa shape index (κ1) is 22.4. The molecule has 0 spiro atoms. The predicted octanol–water partition coefficient (Wildman–Crippen LogP) is 2.27. The molecule has 2 rings (SSSR count). The maximum absolute atomic E-state index is 13.8. The summed E-state index contributed by atoms with van der Waals surface area (Å²) in [6.07, 6.45) is 0. The van der Waals surface area contributed by atoms with Gasteiger partial charge in [-0.3, -0.25) is 9.59 Å². The van der Waals surface area contributed by atoms with Crippen LogP contribution in [0.15, 0.2) is 47.4 Å². The highest BCUT2D eigenvalue weighted by atomic mass is 32.2. The summed E-state index contributed by atoms with van der Waals surface area (Å²) in [6, 6.07) is 7.33. The van der Waals surface area contributed by atoms with Crippen LogP contribution < -0.4 is 15.4 Å². The Bertz CT molecular complexity index is 988. The molecule has 0 aromatic heterocycles. The van der Waals surface area contributed by atoms with Gasteiger partial charge in [0.1, 0.15) is 23.2 Å². The van der Waals surface area contributed by atoms with Gasteiger partial charge in [-0.15, -0.1) is 0 Å². The number of carbonyl (C=O) groups excluding carboxylic acids is 2. The summed E-state index contributed by atoms with van der Waals surface area (Å²) in [4.78, 5) is 24.9. The van der Waals surface area contributed by atoms with Crippen LogP contribution in [0.3, 0.4) is 0 Å². The molecule has 2 amide bonds. The molecule has 0 aliphatic heterocycles. The van der Waals surface area contributed by atoms with Crippen molar-refractivity contribution >= 4 is 27.5 Å². The zero-order valence-electron chi connectivity index (χ0n) is 16.0. The molecule has 3 N–H and O–H groups in total. The zero-order valence-corrected chi connectivity index (χ0v) is 16.8. The molecular weight excluding hydrogens is 404 g/mol. The summed E-state index contributed by atoms with van der Waals surface area (Å²) >= 11 is 0. The first-order valence-electron chi connectivity index (χ1n) is 8.66. The molecular formula is C19H21F2N3O4S. The van der Waals surface area contributed by atoms with Crippen LogP contribution in [0.5, 0.6) is 0 Å². The highest BCUT2D eigenvalue weighted by Crippen LogP contribution is 2.16. The third-order valence-electron chi connectivity index (χ3n) is 4.13. The van der Waals surface area contributed by atoms with E-state index in [-0.39, 0.29) is 4.90 Å². The number of sulfonamides is 1. The van der Waals surface area contributed by atoms with Crippen molar-refractivity contribution in [1.29, 1.82) is 0 Å². The molecule has 0 bridgehead atoms. The van der Waals surface area contributed by atoms with Crippen LogP contribution in [0.2, 0.25) is 0 Å². The van der Waals surface area contributed by atoms with E-state index in [1.807, 2.05) is 0 Å². The third-order valence-corrected chi connectivity index (χ3v) is 5.56. The molecule has 29 heavy (non-hydrogen) atoms. The summed E-state index contributed by atoms with van der Waals surface area (Å²) < 4.78 is 53.3. The Hall–Kier alpha value is -2.85. The Labute approximate surface area is 167 Å². The van der Waals surface area contributed by atoms with E-state index in [0.29, 0.717) is 5.69 Å². The summed E-state index contributed by atoms with van der Waals surface area (Å²) in [5.41, 5.74) is -0.477. The number of amides is 2. The minimum atomic E-state index is -3.62. The molecule has 7 nitrogen and oxygen atoms in total. The highest BCUT2D eigenvalue weighted by Gasteiger charge is 2.27. The van der Waals surface area contributed by atoms with Crippen molar-refractivity contribution in [2.75, 3.05) is 12.4 Å². The molecule has 156 valence electrons. The van der Waals surface area contributed by atoms with Crippen LogP contribution in [-0.4, -0.2) is 33.3 Å². The molecule has 0 radical (unpaired) electrons. The van der Waals surface area contributed by atoms with Gasteiger partial charge in [-0.1, -0.05) is 19.9 Å². The smallest absolute Gasteiger partial charge is 0.257 e. The topological polar surface area (TPSA) is 104 Å². The van der Waals surface area contributed by atoms with Crippen LogP contribution in [0.25, 0.3) is 0 Å². The van der Waals surface area contributed by atoms with E-state index in [2.05, 4.69) is 15.4 Å². The number of halogens is 2. The summed E-state index contributed by atoms with van der Waals surface area (Å²) in [6.45, 7) is 3.32. The van der Waals surface area contributed by atoms with Gasteiger partial charge in [0.05, 0.1) is 4.90 Å². The molecule has 1 atom stereocenters. The zero-order chi connectivity index (χ0) is 21.8. The normalized spacial score (nSPS) is 12.5. The first-order valence-corrected chi connectivity index (χ1v) is 10.1. The van der Waals surface area contributed by atoms with Crippen molar-refractivity contribution in [3.8, 4) is 0 Å². The second-order valence-corrected chi connectivity index (χ2v) is 8.40. The van der Waals surface area contributed by atoms with Crippen molar-refractivity contribution in [2.24, 2.45) is 5.92 Å². The van der Waals surface area contributed by atoms with Crippen molar-refractivity contribution in [3.05, 3.63) is 59.7 Å². The van der Waals surface area contributed by atoms with E-state index in [0.717, 1.165) is 18.2 Å². The fraction of sp³-hybridized carbons (Fsp3) is 0.263. The van der Waals surface area contributed by atoms with Gasteiger partial charge in [0, 0.05) is 5.69 Å². The number of nitrogens with one attached hydrogen (secondary N) is 3. The van der Waals surface area contributed by atoms with Gasteiger partial charge in [-0.25, -0.2) is 21.9 Å². The van der Waals surface area contributed by atoms with Crippen molar-refractivity contribution < 1.29 is 26.8 Å². The minimum Gasteiger partial charge on any atom is -0.340 e. The van der Waals surface area contributed by atoms with Crippen molar-refractivity contribution in [2.45, 2.75) is 24.8 Å². The molecule has 0 saturated heterocycles. The van der Waals surface area contributed by atoms with E-state index < -0.39 is 51.0 Å². The monoisotopic (exact) mass is 425 g/mol. The lowest BCUT2D eigenvalue weighted by molar-refractivity contribution is -0.118. The number of hydrogen-bond donors (Lipinski definition) is 3. The SMILES string of the molecule is CNS(=O)(=O)c1ccc(NC(=O)[C@@H](NC(=O)c2c(F)cccc2F)C(C)C)cc1. The number of carbonyl (C=O) groups is 2. The lowest BCUT2D eigenvalue weighted by Crippen LogP contribution is -2.47. The predicted molar refractivity (Wildman–Crippen MR) is 104 cm³/mol. The Morgan fingerprint density at radius 3 is 2.00 bits per heavy atom. The molecule has 0 aliphatic carbocycles. The number of benzene rings is 2. The lowest BCUT2D eigenvalue weighted by atomic mass is 10.0. The lowest BCUT2D eigenvalue weighted by Gasteiger charge is -2.22. The standard InChI is InChI=1S/C19H21F2N3O4S/c1-11(2)17(24-18(25)16-14(20)5-4-6-15(16)21)19(26)23-12-7-9-13(10-8-12)29(27,28)22-3/h4-11,17,22H,1-3H3,(H,23,26)(H,24,25)/t17-/m0/s1. The third kappa shape index (κ3) is 5.36. The molecule has 2 aromatic carbocycles. The van der Waals surface area contributed by atoms with E-state index in [9.17, 15) is 26.8 Å². The van der Waals surface area contributed by atoms with E-state index in [1.54, 1.807) is 13.8 Å². The molecule has 0 saturated carbocycles. The van der Waals surface area contributed by atoms with E-state index in [4.69, 9.17) is 0 Å².